The number of ether oxygens (including phenoxy) is 1. The van der Waals surface area contributed by atoms with Gasteiger partial charge in [0.25, 0.3) is 0 Å². The van der Waals surface area contributed by atoms with E-state index >= 15 is 0 Å². The van der Waals surface area contributed by atoms with Gasteiger partial charge in [0.1, 0.15) is 0 Å². The Morgan fingerprint density at radius 1 is 0.953 bits per heavy atom. The molecule has 7 rings (SSSR count). The number of para-hydroxylation sites is 1. The number of phenols is 1. The van der Waals surface area contributed by atoms with Crippen LogP contribution in [0.1, 0.15) is 63.4 Å². The van der Waals surface area contributed by atoms with Crippen molar-refractivity contribution in [3.8, 4) is 11.5 Å². The Hall–Kier alpha value is -3.21. The number of methoxy groups -OCH3 is 1. The van der Waals surface area contributed by atoms with Crippen molar-refractivity contribution in [1.29, 1.82) is 0 Å². The van der Waals surface area contributed by atoms with Gasteiger partial charge >= 0.3 is 0 Å². The maximum absolute atomic E-state index is 14.5. The summed E-state index contributed by atoms with van der Waals surface area (Å²) in [6.45, 7) is 1.87. The van der Waals surface area contributed by atoms with Crippen LogP contribution >= 0.6 is 22.6 Å². The summed E-state index contributed by atoms with van der Waals surface area (Å²) in [6.07, 6.45) is 7.67. The van der Waals surface area contributed by atoms with E-state index in [4.69, 9.17) is 4.74 Å². The van der Waals surface area contributed by atoms with Crippen LogP contribution in [-0.2, 0) is 19.2 Å². The van der Waals surface area contributed by atoms with Crippen LogP contribution < -0.4 is 9.64 Å². The molecule has 5 aliphatic rings. The first-order valence-corrected chi connectivity index (χ1v) is 16.3. The van der Waals surface area contributed by atoms with Gasteiger partial charge in [-0.3, -0.25) is 24.1 Å². The molecule has 2 heterocycles. The lowest BCUT2D eigenvalue weighted by Gasteiger charge is -2.49. The number of amides is 4. The highest BCUT2D eigenvalue weighted by Crippen LogP contribution is 2.64. The lowest BCUT2D eigenvalue weighted by molar-refractivity contribution is -0.144. The molecule has 224 valence electrons. The van der Waals surface area contributed by atoms with E-state index in [1.54, 1.807) is 35.2 Å². The largest absolute Gasteiger partial charge is 0.504 e. The van der Waals surface area contributed by atoms with Gasteiger partial charge in [-0.15, -0.1) is 0 Å². The van der Waals surface area contributed by atoms with Crippen molar-refractivity contribution in [3.63, 3.8) is 0 Å². The highest BCUT2D eigenvalue weighted by atomic mass is 127. The molecule has 2 saturated heterocycles. The summed E-state index contributed by atoms with van der Waals surface area (Å²) in [4.78, 5) is 59.6. The molecule has 1 N–H and O–H groups in total. The molecule has 2 aromatic carbocycles. The number of nitrogens with zero attached hydrogens (tertiary/aromatic N) is 2. The maximum Gasteiger partial charge on any atom is 0.241 e. The SMILES string of the molecule is COc1cc([C@H]2C3=CC[C@@H]4C(=O)N(C5CCCCC5)C(=O)[C@@H]4[C@@H]3C[C@H]3C(=O)N(c4ccccc4)C(=O)[C@@]23C)cc(I)c1O. The van der Waals surface area contributed by atoms with Gasteiger partial charge in [-0.25, -0.2) is 4.90 Å². The summed E-state index contributed by atoms with van der Waals surface area (Å²) in [5.74, 6) is -3.02. The third kappa shape index (κ3) is 4.05. The Balaban J connectivity index is 1.37. The quantitative estimate of drug-likeness (QED) is 0.255. The first-order valence-electron chi connectivity index (χ1n) is 15.2. The van der Waals surface area contributed by atoms with Crippen LogP contribution in [0.15, 0.2) is 54.1 Å². The molecule has 0 aromatic heterocycles. The van der Waals surface area contributed by atoms with Crippen molar-refractivity contribution in [1.82, 2.24) is 4.90 Å². The van der Waals surface area contributed by atoms with Gasteiger partial charge in [0, 0.05) is 12.0 Å². The van der Waals surface area contributed by atoms with E-state index in [-0.39, 0.29) is 47.1 Å². The summed E-state index contributed by atoms with van der Waals surface area (Å²) in [6, 6.07) is 12.5. The Labute approximate surface area is 264 Å². The molecule has 9 heteroatoms. The predicted molar refractivity (Wildman–Crippen MR) is 167 cm³/mol. The van der Waals surface area contributed by atoms with Crippen LogP contribution in [0.25, 0.3) is 0 Å². The van der Waals surface area contributed by atoms with Crippen molar-refractivity contribution < 1.29 is 29.0 Å². The minimum absolute atomic E-state index is 0.0121. The molecule has 8 nitrogen and oxygen atoms in total. The van der Waals surface area contributed by atoms with Crippen molar-refractivity contribution in [2.24, 2.45) is 29.1 Å². The summed E-state index contributed by atoms with van der Waals surface area (Å²) < 4.78 is 6.08. The van der Waals surface area contributed by atoms with Crippen LogP contribution in [0.4, 0.5) is 5.69 Å². The van der Waals surface area contributed by atoms with E-state index < -0.39 is 29.1 Å². The van der Waals surface area contributed by atoms with E-state index in [0.717, 1.165) is 43.2 Å². The zero-order valence-electron chi connectivity index (χ0n) is 24.3. The number of rotatable bonds is 4. The van der Waals surface area contributed by atoms with E-state index in [0.29, 0.717) is 22.1 Å². The molecule has 0 bridgehead atoms. The van der Waals surface area contributed by atoms with Crippen LogP contribution in [-0.4, -0.2) is 46.8 Å². The maximum atomic E-state index is 14.5. The summed E-state index contributed by atoms with van der Waals surface area (Å²) in [7, 11) is 1.48. The Bertz CT molecular complexity index is 1570. The van der Waals surface area contributed by atoms with Gasteiger partial charge in [-0.05, 0) is 90.9 Å². The number of carbonyl (C=O) groups is 4. The number of likely N-dealkylation sites (tertiary alicyclic amines) is 1. The normalized spacial score (nSPS) is 32.4. The van der Waals surface area contributed by atoms with Gasteiger partial charge in [0.05, 0.1) is 39.5 Å². The van der Waals surface area contributed by atoms with Crippen molar-refractivity contribution in [3.05, 3.63) is 63.2 Å². The number of carbonyl (C=O) groups excluding carboxylic acids is 4. The second kappa shape index (κ2) is 10.5. The minimum Gasteiger partial charge on any atom is -0.504 e. The number of phenolic OH excluding ortho intramolecular Hbond substituents is 1. The van der Waals surface area contributed by atoms with Gasteiger partial charge in [-0.1, -0.05) is 49.1 Å². The number of hydrogen-bond acceptors (Lipinski definition) is 6. The summed E-state index contributed by atoms with van der Waals surface area (Å²) >= 11 is 2.05. The second-order valence-corrected chi connectivity index (χ2v) is 14.1. The first kappa shape index (κ1) is 28.6. The highest BCUT2D eigenvalue weighted by molar-refractivity contribution is 14.1. The standard InChI is InChI=1S/C34H35IN2O6/c1-34-24(31(40)37(33(34)42)20-11-7-4-8-12-20)17-23-21(28(34)18-15-25(35)29(38)26(16-18)43-2)13-14-22-27(23)32(41)36(30(22)39)19-9-5-3-6-10-19/h4,7-8,11-13,15-16,19,22-24,27-28,38H,3,5-6,9-10,14,17H2,1-2H3/t22-,23+,24-,27-,28-,34+/m0/s1. The number of anilines is 1. The summed E-state index contributed by atoms with van der Waals surface area (Å²) in [5.41, 5.74) is 1.07. The van der Waals surface area contributed by atoms with Crippen LogP contribution in [0.2, 0.25) is 0 Å². The Morgan fingerprint density at radius 3 is 2.37 bits per heavy atom. The minimum atomic E-state index is -1.14. The molecule has 2 saturated carbocycles. The number of halogens is 1. The average molecular weight is 695 g/mol. The zero-order chi connectivity index (χ0) is 30.2. The summed E-state index contributed by atoms with van der Waals surface area (Å²) in [5, 5.41) is 10.7. The molecule has 4 amide bonds. The third-order valence-electron chi connectivity index (χ3n) is 10.9. The van der Waals surface area contributed by atoms with Crippen molar-refractivity contribution in [2.45, 2.75) is 63.8 Å². The van der Waals surface area contributed by atoms with Crippen LogP contribution in [0.5, 0.6) is 11.5 Å². The van der Waals surface area contributed by atoms with Crippen LogP contribution in [0, 0.1) is 32.7 Å². The molecule has 0 radical (unpaired) electrons. The number of imide groups is 2. The monoisotopic (exact) mass is 694 g/mol. The fraction of sp³-hybridized carbons (Fsp3) is 0.471. The van der Waals surface area contributed by atoms with Crippen molar-refractivity contribution in [2.75, 3.05) is 12.0 Å². The zero-order valence-corrected chi connectivity index (χ0v) is 26.5. The number of fused-ring (bicyclic) bond motifs is 4. The molecule has 43 heavy (non-hydrogen) atoms. The molecule has 3 aliphatic carbocycles. The first-order chi connectivity index (χ1) is 20.7. The topological polar surface area (TPSA) is 104 Å². The fourth-order valence-corrected chi connectivity index (χ4v) is 9.48. The van der Waals surface area contributed by atoms with Gasteiger partial charge in [0.15, 0.2) is 11.5 Å². The van der Waals surface area contributed by atoms with E-state index in [1.165, 1.54) is 12.0 Å². The van der Waals surface area contributed by atoms with E-state index in [2.05, 4.69) is 28.7 Å². The lowest BCUT2D eigenvalue weighted by atomic mass is 9.51. The highest BCUT2D eigenvalue weighted by Gasteiger charge is 2.67. The Kier molecular flexibility index (Phi) is 6.94. The molecule has 0 spiro atoms. The molecule has 2 aliphatic heterocycles. The molecule has 0 unspecified atom stereocenters. The van der Waals surface area contributed by atoms with E-state index in [1.807, 2.05) is 19.1 Å². The number of hydrogen-bond donors (Lipinski definition) is 1. The van der Waals surface area contributed by atoms with Crippen LogP contribution in [0.3, 0.4) is 0 Å². The van der Waals surface area contributed by atoms with E-state index in [9.17, 15) is 24.3 Å². The molecule has 4 fully saturated rings. The number of benzene rings is 2. The number of allylic oxidation sites excluding steroid dienone is 2. The third-order valence-corrected chi connectivity index (χ3v) is 11.7. The average Bonchev–Trinajstić information content (AvgIpc) is 3.38. The van der Waals surface area contributed by atoms with Gasteiger partial charge in [0.2, 0.25) is 23.6 Å². The van der Waals surface area contributed by atoms with Gasteiger partial charge in [-0.2, -0.15) is 0 Å². The Morgan fingerprint density at radius 2 is 1.67 bits per heavy atom. The molecular weight excluding hydrogens is 659 g/mol. The van der Waals surface area contributed by atoms with Crippen molar-refractivity contribution >= 4 is 51.9 Å². The molecule has 6 atom stereocenters. The molecule has 2 aromatic rings. The number of aromatic hydroxyl groups is 1. The molecular formula is C34H35IN2O6. The fourth-order valence-electron chi connectivity index (χ4n) is 8.86. The van der Waals surface area contributed by atoms with Gasteiger partial charge < -0.3 is 9.84 Å². The lowest BCUT2D eigenvalue weighted by Crippen LogP contribution is -2.49. The predicted octanol–water partition coefficient (Wildman–Crippen LogP) is 5.57. The smallest absolute Gasteiger partial charge is 0.241 e. The second-order valence-electron chi connectivity index (χ2n) is 12.9.